The summed E-state index contributed by atoms with van der Waals surface area (Å²) in [7, 11) is -3.35. The number of hydrogen-bond donors (Lipinski definition) is 1. The van der Waals surface area contributed by atoms with Gasteiger partial charge in [-0.2, -0.15) is 0 Å². The summed E-state index contributed by atoms with van der Waals surface area (Å²) in [5.41, 5.74) is -2.05. The van der Waals surface area contributed by atoms with Crippen molar-refractivity contribution in [1.29, 1.82) is 0 Å². The van der Waals surface area contributed by atoms with Gasteiger partial charge in [-0.25, -0.2) is 13.2 Å². The van der Waals surface area contributed by atoms with Gasteiger partial charge in [0.15, 0.2) is 9.84 Å². The van der Waals surface area contributed by atoms with E-state index in [4.69, 9.17) is 4.74 Å². The van der Waals surface area contributed by atoms with E-state index in [9.17, 15) is 23.1 Å². The molecule has 2 heterocycles. The zero-order valence-electron chi connectivity index (χ0n) is 11.7. The van der Waals surface area contributed by atoms with E-state index in [-0.39, 0.29) is 18.8 Å². The van der Waals surface area contributed by atoms with Gasteiger partial charge in [-0.05, 0) is 20.8 Å². The second-order valence-electron chi connectivity index (χ2n) is 6.57. The van der Waals surface area contributed by atoms with Crippen molar-refractivity contribution < 1.29 is 27.9 Å². The van der Waals surface area contributed by atoms with Crippen molar-refractivity contribution >= 4 is 21.9 Å². The molecular weight excluding hydrogens is 286 g/mol. The molecule has 0 aromatic carbocycles. The van der Waals surface area contributed by atoms with Crippen LogP contribution in [0.4, 0.5) is 4.79 Å². The molecule has 0 aromatic rings. The van der Waals surface area contributed by atoms with Crippen molar-refractivity contribution in [3.8, 4) is 0 Å². The Morgan fingerprint density at radius 1 is 1.35 bits per heavy atom. The molecule has 7 nitrogen and oxygen atoms in total. The highest BCUT2D eigenvalue weighted by Gasteiger charge is 2.61. The highest BCUT2D eigenvalue weighted by Crippen LogP contribution is 2.44. The minimum Gasteiger partial charge on any atom is -0.481 e. The summed E-state index contributed by atoms with van der Waals surface area (Å²) in [6.07, 6.45) is -0.593. The number of ether oxygens (including phenoxy) is 1. The Morgan fingerprint density at radius 3 is 2.40 bits per heavy atom. The number of carboxylic acids is 1. The Bertz CT molecular complexity index is 549. The number of amides is 1. The molecule has 2 aliphatic rings. The van der Waals surface area contributed by atoms with Gasteiger partial charge in [0, 0.05) is 19.0 Å². The van der Waals surface area contributed by atoms with Crippen LogP contribution in [-0.2, 0) is 19.4 Å². The summed E-state index contributed by atoms with van der Waals surface area (Å²) in [5.74, 6) is -2.30. The third-order valence-electron chi connectivity index (χ3n) is 3.71. The number of likely N-dealkylation sites (tertiary alicyclic amines) is 1. The number of aliphatic carboxylic acids is 1. The number of sulfone groups is 1. The topological polar surface area (TPSA) is 101 Å². The van der Waals surface area contributed by atoms with E-state index in [0.29, 0.717) is 0 Å². The fraction of sp³-hybridized carbons (Fsp3) is 0.833. The Morgan fingerprint density at radius 2 is 1.95 bits per heavy atom. The number of fused-ring (bicyclic) bond motifs is 1. The predicted octanol–water partition coefficient (Wildman–Crippen LogP) is 0.353. The number of carbonyl (C=O) groups is 2. The van der Waals surface area contributed by atoms with Gasteiger partial charge < -0.3 is 14.7 Å². The van der Waals surface area contributed by atoms with Gasteiger partial charge in [-0.3, -0.25) is 4.79 Å². The maximum atomic E-state index is 12.0. The Balaban J connectivity index is 2.19. The molecule has 1 amide bonds. The molecule has 0 aromatic heterocycles. The van der Waals surface area contributed by atoms with Crippen LogP contribution in [0.1, 0.15) is 20.8 Å². The quantitative estimate of drug-likeness (QED) is 0.750. The molecule has 2 aliphatic heterocycles. The highest BCUT2D eigenvalue weighted by atomic mass is 32.2. The average Bonchev–Trinajstić information content (AvgIpc) is 2.64. The zero-order chi connectivity index (χ0) is 15.3. The van der Waals surface area contributed by atoms with E-state index in [0.717, 1.165) is 0 Å². The number of carboxylic acid groups (broad SMARTS) is 1. The average molecular weight is 305 g/mol. The van der Waals surface area contributed by atoms with Crippen LogP contribution in [0.5, 0.6) is 0 Å². The molecule has 8 heteroatoms. The first-order valence-corrected chi connectivity index (χ1v) is 8.19. The molecule has 0 aliphatic carbocycles. The first-order chi connectivity index (χ1) is 8.95. The van der Waals surface area contributed by atoms with Crippen molar-refractivity contribution in [1.82, 2.24) is 4.90 Å². The van der Waals surface area contributed by atoms with Crippen LogP contribution in [0, 0.1) is 11.3 Å². The zero-order valence-corrected chi connectivity index (χ0v) is 12.6. The van der Waals surface area contributed by atoms with Crippen LogP contribution in [0.15, 0.2) is 0 Å². The van der Waals surface area contributed by atoms with E-state index < -0.39 is 44.6 Å². The van der Waals surface area contributed by atoms with Gasteiger partial charge in [-0.15, -0.1) is 0 Å². The van der Waals surface area contributed by atoms with Crippen LogP contribution >= 0.6 is 0 Å². The van der Waals surface area contributed by atoms with Crippen molar-refractivity contribution in [3.05, 3.63) is 0 Å². The molecule has 2 rings (SSSR count). The Hall–Kier alpha value is -1.31. The Labute approximate surface area is 117 Å². The minimum absolute atomic E-state index is 0.110. The van der Waals surface area contributed by atoms with E-state index in [2.05, 4.69) is 0 Å². The van der Waals surface area contributed by atoms with Gasteiger partial charge in [-0.1, -0.05) is 0 Å². The first kappa shape index (κ1) is 15.1. The van der Waals surface area contributed by atoms with E-state index in [1.165, 1.54) is 4.90 Å². The standard InChI is InChI=1S/C12H19NO6S/c1-11(2,3)19-10(16)13-4-8-5-20(17,18)7-12(8,6-13)9(14)15/h8H,4-7H2,1-3H3,(H,14,15)/t8-,12+/m1/s1. The summed E-state index contributed by atoms with van der Waals surface area (Å²) in [6.45, 7) is 5.17. The van der Waals surface area contributed by atoms with Crippen molar-refractivity contribution in [2.45, 2.75) is 26.4 Å². The molecule has 0 spiro atoms. The van der Waals surface area contributed by atoms with Crippen LogP contribution in [0.2, 0.25) is 0 Å². The third kappa shape index (κ3) is 2.61. The lowest BCUT2D eigenvalue weighted by Crippen LogP contribution is -2.41. The van der Waals surface area contributed by atoms with Crippen LogP contribution in [0.25, 0.3) is 0 Å². The second-order valence-corrected chi connectivity index (χ2v) is 8.68. The van der Waals surface area contributed by atoms with Crippen molar-refractivity contribution in [2.75, 3.05) is 24.6 Å². The molecule has 0 bridgehead atoms. The number of nitrogens with zero attached hydrogens (tertiary/aromatic N) is 1. The van der Waals surface area contributed by atoms with E-state index >= 15 is 0 Å². The Kier molecular flexibility index (Phi) is 3.27. The lowest BCUT2D eigenvalue weighted by Gasteiger charge is -2.26. The van der Waals surface area contributed by atoms with Gasteiger partial charge in [0.05, 0.1) is 11.5 Å². The summed E-state index contributed by atoms with van der Waals surface area (Å²) >= 11 is 0. The molecule has 0 radical (unpaired) electrons. The van der Waals surface area contributed by atoms with Crippen molar-refractivity contribution in [2.24, 2.45) is 11.3 Å². The van der Waals surface area contributed by atoms with Gasteiger partial charge >= 0.3 is 12.1 Å². The lowest BCUT2D eigenvalue weighted by atomic mass is 9.81. The normalized spacial score (nSPS) is 31.9. The number of rotatable bonds is 1. The molecule has 114 valence electrons. The molecule has 0 unspecified atom stereocenters. The molecule has 2 atom stereocenters. The molecule has 2 saturated heterocycles. The molecule has 1 N–H and O–H groups in total. The van der Waals surface area contributed by atoms with E-state index in [1.807, 2.05) is 0 Å². The number of carbonyl (C=O) groups excluding carboxylic acids is 1. The maximum absolute atomic E-state index is 12.0. The van der Waals surface area contributed by atoms with E-state index in [1.54, 1.807) is 20.8 Å². The smallest absolute Gasteiger partial charge is 0.410 e. The van der Waals surface area contributed by atoms with Gasteiger partial charge in [0.1, 0.15) is 11.0 Å². The monoisotopic (exact) mass is 305 g/mol. The van der Waals surface area contributed by atoms with Crippen LogP contribution in [-0.4, -0.2) is 60.7 Å². The fourth-order valence-corrected chi connectivity index (χ4v) is 5.27. The molecular formula is C12H19NO6S. The molecule has 20 heavy (non-hydrogen) atoms. The van der Waals surface area contributed by atoms with Gasteiger partial charge in [0.25, 0.3) is 0 Å². The van der Waals surface area contributed by atoms with Crippen LogP contribution in [0.3, 0.4) is 0 Å². The third-order valence-corrected chi connectivity index (χ3v) is 5.57. The largest absolute Gasteiger partial charge is 0.481 e. The van der Waals surface area contributed by atoms with Crippen molar-refractivity contribution in [3.63, 3.8) is 0 Å². The fourth-order valence-electron chi connectivity index (χ4n) is 2.88. The predicted molar refractivity (Wildman–Crippen MR) is 70.0 cm³/mol. The van der Waals surface area contributed by atoms with Gasteiger partial charge in [0.2, 0.25) is 0 Å². The summed E-state index contributed by atoms with van der Waals surface area (Å²) in [4.78, 5) is 24.8. The molecule has 0 saturated carbocycles. The summed E-state index contributed by atoms with van der Waals surface area (Å²) < 4.78 is 28.5. The maximum Gasteiger partial charge on any atom is 0.410 e. The lowest BCUT2D eigenvalue weighted by molar-refractivity contribution is -0.148. The first-order valence-electron chi connectivity index (χ1n) is 6.37. The van der Waals surface area contributed by atoms with Crippen LogP contribution < -0.4 is 0 Å². The summed E-state index contributed by atoms with van der Waals surface area (Å²) in [5, 5.41) is 9.40. The number of hydrogen-bond acceptors (Lipinski definition) is 5. The second kappa shape index (κ2) is 4.34. The SMILES string of the molecule is CC(C)(C)OC(=O)N1C[C@@H]2CS(=O)(=O)C[C@@]2(C(=O)O)C1. The minimum atomic E-state index is -3.35. The highest BCUT2D eigenvalue weighted by molar-refractivity contribution is 7.91. The summed E-state index contributed by atoms with van der Waals surface area (Å²) in [6, 6.07) is 0. The molecule has 2 fully saturated rings.